The van der Waals surface area contributed by atoms with Crippen molar-refractivity contribution in [3.05, 3.63) is 32.8 Å². The van der Waals surface area contributed by atoms with Crippen LogP contribution < -0.4 is 5.56 Å². The van der Waals surface area contributed by atoms with Crippen molar-refractivity contribution in [2.75, 3.05) is 0 Å². The zero-order valence-corrected chi connectivity index (χ0v) is 13.3. The predicted molar refractivity (Wildman–Crippen MR) is 84.3 cm³/mol. The monoisotopic (exact) mass is 366 g/mol. The molecule has 1 aliphatic carbocycles. The molecule has 1 fully saturated rings. The molecule has 0 unspecified atom stereocenters. The number of rotatable bonds is 3. The van der Waals surface area contributed by atoms with Crippen molar-refractivity contribution in [3.63, 3.8) is 0 Å². The zero-order chi connectivity index (χ0) is 15.9. The minimum Gasteiger partial charge on any atom is -0.505 e. The molecule has 1 saturated carbocycles. The normalized spacial score (nSPS) is 15.5. The van der Waals surface area contributed by atoms with E-state index in [-0.39, 0.29) is 5.56 Å². The van der Waals surface area contributed by atoms with Crippen LogP contribution in [0.25, 0.3) is 10.9 Å². The molecule has 7 heteroatoms. The number of nitrogens with zero attached hydrogens (tertiary/aromatic N) is 2. The van der Waals surface area contributed by atoms with Crippen LogP contribution in [0, 0.1) is 5.92 Å². The number of aromatic nitrogens is 2. The Morgan fingerprint density at radius 3 is 2.73 bits per heavy atom. The first kappa shape index (κ1) is 15.0. The number of hydrogen-bond donors (Lipinski definition) is 2. The highest BCUT2D eigenvalue weighted by Gasteiger charge is 2.21. The van der Waals surface area contributed by atoms with E-state index in [4.69, 9.17) is 5.11 Å². The summed E-state index contributed by atoms with van der Waals surface area (Å²) >= 11 is 3.20. The lowest BCUT2D eigenvalue weighted by atomic mass is 10.1. The third kappa shape index (κ3) is 2.49. The van der Waals surface area contributed by atoms with Crippen molar-refractivity contribution >= 4 is 32.8 Å². The second-order valence-electron chi connectivity index (χ2n) is 5.62. The molecule has 0 radical (unpaired) electrons. The van der Waals surface area contributed by atoms with Crippen LogP contribution in [0.1, 0.15) is 36.2 Å². The van der Waals surface area contributed by atoms with Gasteiger partial charge in [0.1, 0.15) is 0 Å². The van der Waals surface area contributed by atoms with Gasteiger partial charge in [0.25, 0.3) is 5.56 Å². The van der Waals surface area contributed by atoms with Gasteiger partial charge in [0, 0.05) is 11.9 Å². The summed E-state index contributed by atoms with van der Waals surface area (Å²) in [5, 5.41) is 19.5. The number of carboxylic acid groups (broad SMARTS) is 1. The maximum Gasteiger partial charge on any atom is 0.358 e. The lowest BCUT2D eigenvalue weighted by molar-refractivity contribution is 0.0687. The van der Waals surface area contributed by atoms with Crippen LogP contribution in [0.4, 0.5) is 0 Å². The fourth-order valence-corrected chi connectivity index (χ4v) is 3.52. The smallest absolute Gasteiger partial charge is 0.358 e. The number of fused-ring (bicyclic) bond motifs is 1. The molecule has 2 N–H and O–H groups in total. The van der Waals surface area contributed by atoms with Crippen LogP contribution in [-0.4, -0.2) is 25.7 Å². The van der Waals surface area contributed by atoms with Gasteiger partial charge in [0.15, 0.2) is 11.4 Å². The molecule has 0 bridgehead atoms. The van der Waals surface area contributed by atoms with E-state index in [0.717, 1.165) is 25.7 Å². The third-order valence-corrected chi connectivity index (χ3v) is 4.77. The number of aromatic hydroxyl groups is 1. The Labute approximate surface area is 134 Å². The molecule has 0 amide bonds. The van der Waals surface area contributed by atoms with Gasteiger partial charge in [-0.1, -0.05) is 12.8 Å². The van der Waals surface area contributed by atoms with Crippen molar-refractivity contribution in [1.82, 2.24) is 9.55 Å². The van der Waals surface area contributed by atoms with Crippen molar-refractivity contribution in [3.8, 4) is 5.75 Å². The number of carbonyl (C=O) groups is 1. The maximum atomic E-state index is 12.4. The highest BCUT2D eigenvalue weighted by Crippen LogP contribution is 2.31. The average molecular weight is 367 g/mol. The molecule has 0 spiro atoms. The third-order valence-electron chi connectivity index (χ3n) is 4.20. The summed E-state index contributed by atoms with van der Waals surface area (Å²) in [5.41, 5.74) is -0.142. The first-order valence-electron chi connectivity index (χ1n) is 7.13. The van der Waals surface area contributed by atoms with E-state index in [0.29, 0.717) is 27.8 Å². The quantitative estimate of drug-likeness (QED) is 0.870. The number of halogens is 1. The molecule has 6 nitrogen and oxygen atoms in total. The van der Waals surface area contributed by atoms with Gasteiger partial charge in [0.2, 0.25) is 0 Å². The van der Waals surface area contributed by atoms with Gasteiger partial charge in [-0.3, -0.25) is 4.79 Å². The summed E-state index contributed by atoms with van der Waals surface area (Å²) in [6, 6.07) is 1.45. The van der Waals surface area contributed by atoms with Gasteiger partial charge < -0.3 is 14.8 Å². The minimum absolute atomic E-state index is 0.191. The summed E-state index contributed by atoms with van der Waals surface area (Å²) in [4.78, 5) is 27.3. The molecule has 2 aromatic heterocycles. The van der Waals surface area contributed by atoms with E-state index < -0.39 is 17.4 Å². The van der Waals surface area contributed by atoms with E-state index >= 15 is 0 Å². The van der Waals surface area contributed by atoms with E-state index in [9.17, 15) is 14.7 Å². The largest absolute Gasteiger partial charge is 0.505 e. The number of carboxylic acids is 1. The van der Waals surface area contributed by atoms with Crippen molar-refractivity contribution in [1.29, 1.82) is 0 Å². The Balaban J connectivity index is 2.21. The van der Waals surface area contributed by atoms with Crippen LogP contribution >= 0.6 is 15.9 Å². The number of pyridine rings is 2. The molecule has 0 saturated heterocycles. The van der Waals surface area contributed by atoms with Crippen molar-refractivity contribution in [2.45, 2.75) is 32.2 Å². The minimum atomic E-state index is -1.30. The summed E-state index contributed by atoms with van der Waals surface area (Å²) in [7, 11) is 0. The van der Waals surface area contributed by atoms with Gasteiger partial charge in [-0.15, -0.1) is 0 Å². The van der Waals surface area contributed by atoms with E-state index in [1.807, 2.05) is 0 Å². The van der Waals surface area contributed by atoms with Crippen LogP contribution in [0.5, 0.6) is 5.75 Å². The van der Waals surface area contributed by atoms with Gasteiger partial charge >= 0.3 is 5.97 Å². The number of aromatic carboxylic acids is 1. The number of hydrogen-bond acceptors (Lipinski definition) is 4. The van der Waals surface area contributed by atoms with Crippen molar-refractivity contribution in [2.24, 2.45) is 5.92 Å². The lowest BCUT2D eigenvalue weighted by Gasteiger charge is -2.16. The van der Waals surface area contributed by atoms with E-state index in [2.05, 4.69) is 20.9 Å². The second-order valence-corrected chi connectivity index (χ2v) is 6.47. The Hall–Kier alpha value is -1.89. The maximum absolute atomic E-state index is 12.4. The molecule has 3 rings (SSSR count). The molecule has 0 aliphatic heterocycles. The highest BCUT2D eigenvalue weighted by molar-refractivity contribution is 9.10. The van der Waals surface area contributed by atoms with Crippen LogP contribution in [0.15, 0.2) is 21.5 Å². The summed E-state index contributed by atoms with van der Waals surface area (Å²) in [6.07, 6.45) is 5.83. The fourth-order valence-electron chi connectivity index (χ4n) is 3.08. The van der Waals surface area contributed by atoms with Gasteiger partial charge in [-0.05, 0) is 40.8 Å². The second kappa shape index (κ2) is 5.72. The van der Waals surface area contributed by atoms with Crippen LogP contribution in [0.2, 0.25) is 0 Å². The van der Waals surface area contributed by atoms with Crippen molar-refractivity contribution < 1.29 is 15.0 Å². The fraction of sp³-hybridized carbons (Fsp3) is 0.400. The molecular weight excluding hydrogens is 352 g/mol. The first-order valence-corrected chi connectivity index (χ1v) is 7.92. The molecule has 0 atom stereocenters. The zero-order valence-electron chi connectivity index (χ0n) is 11.8. The predicted octanol–water partition coefficient (Wildman–Crippen LogP) is 2.75. The molecule has 2 heterocycles. The average Bonchev–Trinajstić information content (AvgIpc) is 2.97. The molecule has 0 aromatic carbocycles. The Kier molecular flexibility index (Phi) is 3.90. The summed E-state index contributed by atoms with van der Waals surface area (Å²) in [5.74, 6) is -1.29. The molecule has 1 aliphatic rings. The highest BCUT2D eigenvalue weighted by atomic mass is 79.9. The summed E-state index contributed by atoms with van der Waals surface area (Å²) < 4.78 is 1.88. The standard InChI is InChI=1S/C15H15BrN2O4/c16-10-5-9-11(6-17-12(13(9)19)15(21)22)18(14(10)20)7-8-3-1-2-4-8/h5-6,8,19H,1-4,7H2,(H,21,22). The molecular formula is C15H15BrN2O4. The Bertz CT molecular complexity index is 809. The Morgan fingerprint density at radius 1 is 1.41 bits per heavy atom. The van der Waals surface area contributed by atoms with Crippen LogP contribution in [-0.2, 0) is 6.54 Å². The topological polar surface area (TPSA) is 92.4 Å². The van der Waals surface area contributed by atoms with E-state index in [1.165, 1.54) is 12.3 Å². The summed E-state index contributed by atoms with van der Waals surface area (Å²) in [6.45, 7) is 0.558. The van der Waals surface area contributed by atoms with E-state index in [1.54, 1.807) is 4.57 Å². The molecule has 116 valence electrons. The van der Waals surface area contributed by atoms with Gasteiger partial charge in [0.05, 0.1) is 16.2 Å². The SMILES string of the molecule is O=C(O)c1ncc2c(cc(Br)c(=O)n2CC2CCCC2)c1O. The molecule has 22 heavy (non-hydrogen) atoms. The van der Waals surface area contributed by atoms with Gasteiger partial charge in [-0.25, -0.2) is 9.78 Å². The first-order chi connectivity index (χ1) is 10.5. The lowest BCUT2D eigenvalue weighted by Crippen LogP contribution is -2.24. The molecule has 2 aromatic rings. The Morgan fingerprint density at radius 2 is 2.09 bits per heavy atom. The van der Waals surface area contributed by atoms with Gasteiger partial charge in [-0.2, -0.15) is 0 Å². The van der Waals surface area contributed by atoms with Crippen LogP contribution in [0.3, 0.4) is 0 Å².